The van der Waals surface area contributed by atoms with Gasteiger partial charge in [-0.25, -0.2) is 17.6 Å². The quantitative estimate of drug-likeness (QED) is 0.664. The first kappa shape index (κ1) is 15.5. The molecule has 1 aromatic carbocycles. The predicted molar refractivity (Wildman–Crippen MR) is 69.6 cm³/mol. The molecule has 2 nitrogen and oxygen atoms in total. The Morgan fingerprint density at radius 3 is 2.24 bits per heavy atom. The minimum Gasteiger partial charge on any atom is -0.326 e. The van der Waals surface area contributed by atoms with Crippen LogP contribution in [0.4, 0.5) is 17.6 Å². The number of carbonyl (C=O) groups excluding carboxylic acids is 1. The number of benzene rings is 1. The summed E-state index contributed by atoms with van der Waals surface area (Å²) in [5.74, 6) is -7.26. The van der Waals surface area contributed by atoms with Gasteiger partial charge >= 0.3 is 0 Å². The third-order valence-electron chi connectivity index (χ3n) is 3.77. The molecule has 1 N–H and O–H groups in total. The van der Waals surface area contributed by atoms with Gasteiger partial charge in [-0.05, 0) is 25.7 Å². The van der Waals surface area contributed by atoms with Crippen molar-refractivity contribution in [1.29, 1.82) is 0 Å². The highest BCUT2D eigenvalue weighted by molar-refractivity contribution is 5.96. The highest BCUT2D eigenvalue weighted by Crippen LogP contribution is 2.27. The molecule has 0 heterocycles. The first-order valence-electron chi connectivity index (χ1n) is 6.69. The number of hydrogen-bond donors (Lipinski definition) is 1. The lowest BCUT2D eigenvalue weighted by atomic mass is 10.0. The molecule has 1 aliphatic carbocycles. The normalized spacial score (nSPS) is 17.8. The van der Waals surface area contributed by atoms with Gasteiger partial charge in [0.1, 0.15) is 5.56 Å². The summed E-state index contributed by atoms with van der Waals surface area (Å²) in [6, 6.07) is 0. The monoisotopic (exact) mass is 301 g/mol. The van der Waals surface area contributed by atoms with E-state index in [9.17, 15) is 22.4 Å². The zero-order valence-electron chi connectivity index (χ0n) is 11.7. The summed E-state index contributed by atoms with van der Waals surface area (Å²) in [5, 5.41) is 2.32. The zero-order valence-corrected chi connectivity index (χ0v) is 11.7. The van der Waals surface area contributed by atoms with Crippen molar-refractivity contribution in [3.05, 3.63) is 46.2 Å². The minimum atomic E-state index is -1.67. The first-order chi connectivity index (χ1) is 9.86. The Bertz CT molecular complexity index is 596. The van der Waals surface area contributed by atoms with E-state index in [0.717, 1.165) is 19.8 Å². The molecule has 1 amide bonds. The molecule has 21 heavy (non-hydrogen) atoms. The third-order valence-corrected chi connectivity index (χ3v) is 3.77. The van der Waals surface area contributed by atoms with Crippen molar-refractivity contribution in [3.63, 3.8) is 0 Å². The summed E-state index contributed by atoms with van der Waals surface area (Å²) in [4.78, 5) is 11.9. The second kappa shape index (κ2) is 5.87. The molecule has 1 atom stereocenters. The maximum Gasteiger partial charge on any atom is 0.261 e. The highest BCUT2D eigenvalue weighted by atomic mass is 19.2. The summed E-state index contributed by atoms with van der Waals surface area (Å²) in [7, 11) is 0. The summed E-state index contributed by atoms with van der Waals surface area (Å²) in [6.45, 7) is 2.90. The van der Waals surface area contributed by atoms with Crippen molar-refractivity contribution in [3.8, 4) is 0 Å². The summed E-state index contributed by atoms with van der Waals surface area (Å²) in [6.07, 6.45) is 3.99. The van der Waals surface area contributed by atoms with Crippen molar-refractivity contribution >= 4 is 5.91 Å². The van der Waals surface area contributed by atoms with Crippen molar-refractivity contribution in [1.82, 2.24) is 5.32 Å². The molecule has 0 saturated carbocycles. The van der Waals surface area contributed by atoms with Crippen LogP contribution in [-0.4, -0.2) is 5.91 Å². The fourth-order valence-electron chi connectivity index (χ4n) is 2.35. The van der Waals surface area contributed by atoms with Gasteiger partial charge in [0.15, 0.2) is 23.3 Å². The lowest BCUT2D eigenvalue weighted by Crippen LogP contribution is -2.26. The molecule has 0 bridgehead atoms. The van der Waals surface area contributed by atoms with Crippen LogP contribution in [0.2, 0.25) is 0 Å². The highest BCUT2D eigenvalue weighted by Gasteiger charge is 2.28. The molecule has 1 unspecified atom stereocenters. The topological polar surface area (TPSA) is 29.1 Å². The van der Waals surface area contributed by atoms with E-state index in [4.69, 9.17) is 0 Å². The Kier molecular flexibility index (Phi) is 4.34. The number of nitrogens with one attached hydrogen (secondary N) is 1. The standard InChI is InChI=1S/C15H15F4NO/c1-3-8-4-5-9(6-8)20-15(21)10-13(18)11(16)7(2)12(17)14(10)19/h5,8H,3-4,6H2,1-2H3,(H,20,21). The fraction of sp³-hybridized carbons (Fsp3) is 0.400. The smallest absolute Gasteiger partial charge is 0.261 e. The van der Waals surface area contributed by atoms with Gasteiger partial charge < -0.3 is 5.32 Å². The van der Waals surface area contributed by atoms with Crippen LogP contribution in [0.3, 0.4) is 0 Å². The Hall–Kier alpha value is -1.85. The Morgan fingerprint density at radius 2 is 1.76 bits per heavy atom. The molecule has 6 heteroatoms. The molecule has 0 aliphatic heterocycles. The lowest BCUT2D eigenvalue weighted by molar-refractivity contribution is 0.0953. The van der Waals surface area contributed by atoms with E-state index >= 15 is 0 Å². The Labute approximate surface area is 119 Å². The van der Waals surface area contributed by atoms with E-state index in [-0.39, 0.29) is 0 Å². The van der Waals surface area contributed by atoms with Gasteiger partial charge in [0.25, 0.3) is 5.91 Å². The second-order valence-electron chi connectivity index (χ2n) is 5.15. The maximum absolute atomic E-state index is 13.7. The summed E-state index contributed by atoms with van der Waals surface area (Å²) < 4.78 is 54.3. The number of rotatable bonds is 3. The summed E-state index contributed by atoms with van der Waals surface area (Å²) in [5.41, 5.74) is -1.49. The van der Waals surface area contributed by atoms with Crippen LogP contribution in [0.1, 0.15) is 42.1 Å². The predicted octanol–water partition coefficient (Wildman–Crippen LogP) is 3.99. The van der Waals surface area contributed by atoms with Gasteiger partial charge in [0, 0.05) is 11.3 Å². The van der Waals surface area contributed by atoms with Crippen molar-refractivity contribution in [2.45, 2.75) is 33.1 Å². The van der Waals surface area contributed by atoms with Crippen LogP contribution < -0.4 is 5.32 Å². The Balaban J connectivity index is 2.29. The van der Waals surface area contributed by atoms with E-state index in [1.807, 2.05) is 6.92 Å². The average Bonchev–Trinajstić information content (AvgIpc) is 2.90. The van der Waals surface area contributed by atoms with Crippen molar-refractivity contribution in [2.75, 3.05) is 0 Å². The molecular weight excluding hydrogens is 286 g/mol. The van der Waals surface area contributed by atoms with Crippen LogP contribution in [0.15, 0.2) is 11.8 Å². The molecule has 0 fully saturated rings. The largest absolute Gasteiger partial charge is 0.326 e. The van der Waals surface area contributed by atoms with Crippen molar-refractivity contribution in [2.24, 2.45) is 5.92 Å². The molecule has 0 radical (unpaired) electrons. The first-order valence-corrected chi connectivity index (χ1v) is 6.69. The molecule has 0 spiro atoms. The van der Waals surface area contributed by atoms with E-state index in [1.54, 1.807) is 6.08 Å². The molecule has 0 aromatic heterocycles. The van der Waals surface area contributed by atoms with Crippen molar-refractivity contribution < 1.29 is 22.4 Å². The number of allylic oxidation sites excluding steroid dienone is 2. The third kappa shape index (κ3) is 2.80. The molecule has 0 saturated heterocycles. The molecule has 1 aromatic rings. The van der Waals surface area contributed by atoms with Gasteiger partial charge in [-0.1, -0.05) is 19.4 Å². The number of carbonyl (C=O) groups is 1. The van der Waals surface area contributed by atoms with E-state index in [0.29, 0.717) is 18.0 Å². The van der Waals surface area contributed by atoms with E-state index in [2.05, 4.69) is 5.32 Å². The SMILES string of the molecule is CCC1CC=C(NC(=O)c2c(F)c(F)c(C)c(F)c2F)C1. The van der Waals surface area contributed by atoms with Crippen LogP contribution in [0, 0.1) is 36.1 Å². The van der Waals surface area contributed by atoms with Gasteiger partial charge in [-0.3, -0.25) is 4.79 Å². The van der Waals surface area contributed by atoms with Crippen LogP contribution in [0.5, 0.6) is 0 Å². The maximum atomic E-state index is 13.7. The average molecular weight is 301 g/mol. The number of halogens is 4. The van der Waals surface area contributed by atoms with E-state index in [1.165, 1.54) is 0 Å². The molecular formula is C15H15F4NO. The minimum absolute atomic E-state index is 0.362. The van der Waals surface area contributed by atoms with Crippen LogP contribution >= 0.6 is 0 Å². The zero-order chi connectivity index (χ0) is 15.7. The fourth-order valence-corrected chi connectivity index (χ4v) is 2.35. The Morgan fingerprint density at radius 1 is 1.19 bits per heavy atom. The van der Waals surface area contributed by atoms with Gasteiger partial charge in [0.2, 0.25) is 0 Å². The second-order valence-corrected chi connectivity index (χ2v) is 5.15. The van der Waals surface area contributed by atoms with Gasteiger partial charge in [0.05, 0.1) is 0 Å². The van der Waals surface area contributed by atoms with Crippen LogP contribution in [-0.2, 0) is 0 Å². The molecule has 114 valence electrons. The summed E-state index contributed by atoms with van der Waals surface area (Å²) >= 11 is 0. The number of hydrogen-bond acceptors (Lipinski definition) is 1. The van der Waals surface area contributed by atoms with Gasteiger partial charge in [-0.15, -0.1) is 0 Å². The molecule has 2 rings (SSSR count). The number of amides is 1. The van der Waals surface area contributed by atoms with E-state index < -0.39 is 40.3 Å². The van der Waals surface area contributed by atoms with Crippen LogP contribution in [0.25, 0.3) is 0 Å². The lowest BCUT2D eigenvalue weighted by Gasteiger charge is -2.11. The molecule has 1 aliphatic rings. The van der Waals surface area contributed by atoms with Gasteiger partial charge in [-0.2, -0.15) is 0 Å².